The zero-order chi connectivity index (χ0) is 54.7. The van der Waals surface area contributed by atoms with Gasteiger partial charge in [-0.3, -0.25) is 14.4 Å². The number of ether oxygens (including phenoxy) is 5. The Morgan fingerprint density at radius 1 is 0.453 bits per heavy atom. The second-order valence-corrected chi connectivity index (χ2v) is 19.5. The molecule has 1 aliphatic heterocycles. The topological polar surface area (TPSA) is 175 Å². The largest absolute Gasteiger partial charge is 0.479 e. The molecule has 0 radical (unpaired) electrons. The summed E-state index contributed by atoms with van der Waals surface area (Å²) in [6.07, 6.45) is 53.7. The second-order valence-electron chi connectivity index (χ2n) is 19.5. The summed E-state index contributed by atoms with van der Waals surface area (Å²) in [4.78, 5) is 51.1. The molecule has 0 amide bonds. The Morgan fingerprint density at radius 2 is 0.840 bits per heavy atom. The first-order valence-electron chi connectivity index (χ1n) is 29.2. The lowest BCUT2D eigenvalue weighted by atomic mass is 9.98. The van der Waals surface area contributed by atoms with Crippen LogP contribution in [-0.2, 0) is 42.9 Å². The van der Waals surface area contributed by atoms with Gasteiger partial charge in [-0.1, -0.05) is 195 Å². The predicted molar refractivity (Wildman–Crippen MR) is 303 cm³/mol. The highest BCUT2D eigenvalue weighted by atomic mass is 16.7. The second kappa shape index (κ2) is 50.5. The molecule has 426 valence electrons. The molecule has 0 saturated carbocycles. The first kappa shape index (κ1) is 68.7. The average molecular weight is 1050 g/mol. The molecule has 1 heterocycles. The minimum atomic E-state index is -1.92. The van der Waals surface area contributed by atoms with Gasteiger partial charge in [0.2, 0.25) is 0 Å². The van der Waals surface area contributed by atoms with Gasteiger partial charge in [0.05, 0.1) is 6.61 Å². The van der Waals surface area contributed by atoms with E-state index in [0.29, 0.717) is 19.3 Å². The van der Waals surface area contributed by atoms with E-state index < -0.39 is 67.3 Å². The summed E-state index contributed by atoms with van der Waals surface area (Å²) in [6, 6.07) is 0. The highest BCUT2D eigenvalue weighted by molar-refractivity contribution is 5.74. The van der Waals surface area contributed by atoms with Gasteiger partial charge in [-0.05, 0) is 109 Å². The molecule has 0 aliphatic carbocycles. The number of aliphatic carboxylic acids is 1. The van der Waals surface area contributed by atoms with Crippen molar-refractivity contribution in [2.24, 2.45) is 0 Å². The Balaban J connectivity index is 2.72. The van der Waals surface area contributed by atoms with E-state index in [0.717, 1.165) is 161 Å². The van der Waals surface area contributed by atoms with E-state index in [4.69, 9.17) is 23.7 Å². The Labute approximate surface area is 453 Å². The Kier molecular flexibility index (Phi) is 46.2. The summed E-state index contributed by atoms with van der Waals surface area (Å²) >= 11 is 0. The summed E-state index contributed by atoms with van der Waals surface area (Å²) in [7, 11) is 0. The van der Waals surface area contributed by atoms with Crippen molar-refractivity contribution in [2.75, 3.05) is 13.2 Å². The lowest BCUT2D eigenvalue weighted by Gasteiger charge is -2.40. The fourth-order valence-electron chi connectivity index (χ4n) is 8.20. The number of carboxylic acid groups (broad SMARTS) is 1. The van der Waals surface area contributed by atoms with Gasteiger partial charge in [0.1, 0.15) is 18.8 Å². The van der Waals surface area contributed by atoms with Gasteiger partial charge in [0, 0.05) is 19.3 Å². The van der Waals surface area contributed by atoms with Gasteiger partial charge in [-0.15, -0.1) is 0 Å². The molecule has 0 aromatic rings. The van der Waals surface area contributed by atoms with Crippen LogP contribution in [0, 0.1) is 0 Å². The molecule has 1 aliphatic rings. The number of unbranched alkanes of at least 4 members (excludes halogenated alkanes) is 18. The number of esters is 3. The lowest BCUT2D eigenvalue weighted by Crippen LogP contribution is -2.61. The van der Waals surface area contributed by atoms with Crippen LogP contribution in [0.5, 0.6) is 0 Å². The number of aliphatic hydroxyl groups is 2. The van der Waals surface area contributed by atoms with Gasteiger partial charge in [-0.25, -0.2) is 4.79 Å². The number of carbonyl (C=O) groups is 4. The van der Waals surface area contributed by atoms with E-state index >= 15 is 0 Å². The maximum Gasteiger partial charge on any atom is 0.335 e. The SMILES string of the molecule is CC/C=C\C/C=C\C/C=C\CCCCCCCCCC(=O)OCC(COC1OC(C(=O)O)C(O)C(O)C1OC(=O)CCCCCCC/C=C\C/C=C\CCC)OC(=O)CCCCCCC/C=C\C/C=C\C/C=C\CC. The third kappa shape index (κ3) is 40.6. The van der Waals surface area contributed by atoms with Gasteiger partial charge in [0.15, 0.2) is 24.6 Å². The van der Waals surface area contributed by atoms with Crippen LogP contribution in [0.15, 0.2) is 97.2 Å². The van der Waals surface area contributed by atoms with E-state index in [-0.39, 0.29) is 25.9 Å². The fraction of sp³-hybridized carbons (Fsp3) is 0.683. The molecule has 6 unspecified atom stereocenters. The third-order valence-electron chi connectivity index (χ3n) is 12.6. The molecule has 75 heavy (non-hydrogen) atoms. The number of aliphatic hydroxyl groups excluding tert-OH is 2. The van der Waals surface area contributed by atoms with Crippen LogP contribution >= 0.6 is 0 Å². The average Bonchev–Trinajstić information content (AvgIpc) is 3.39. The molecule has 12 heteroatoms. The first-order chi connectivity index (χ1) is 36.6. The Bertz CT molecular complexity index is 1670. The molecule has 1 saturated heterocycles. The molecule has 6 atom stereocenters. The summed E-state index contributed by atoms with van der Waals surface area (Å²) in [5.74, 6) is -3.18. The van der Waals surface area contributed by atoms with Crippen LogP contribution in [0.2, 0.25) is 0 Å². The van der Waals surface area contributed by atoms with Crippen molar-refractivity contribution in [1.29, 1.82) is 0 Å². The van der Waals surface area contributed by atoms with Crippen LogP contribution in [0.4, 0.5) is 0 Å². The molecule has 0 bridgehead atoms. The van der Waals surface area contributed by atoms with Gasteiger partial charge in [0.25, 0.3) is 0 Å². The molecular weight excluding hydrogens is 949 g/mol. The lowest BCUT2D eigenvalue weighted by molar-refractivity contribution is -0.301. The maximum absolute atomic E-state index is 13.1. The maximum atomic E-state index is 13.1. The van der Waals surface area contributed by atoms with Gasteiger partial charge >= 0.3 is 23.9 Å². The number of hydrogen-bond acceptors (Lipinski definition) is 11. The summed E-state index contributed by atoms with van der Waals surface area (Å²) in [6.45, 7) is 5.67. The van der Waals surface area contributed by atoms with Crippen molar-refractivity contribution in [3.05, 3.63) is 97.2 Å². The van der Waals surface area contributed by atoms with E-state index in [1.807, 2.05) is 0 Å². The normalized spacial score (nSPS) is 18.9. The van der Waals surface area contributed by atoms with Gasteiger partial charge in [-0.2, -0.15) is 0 Å². The van der Waals surface area contributed by atoms with Crippen molar-refractivity contribution in [1.82, 2.24) is 0 Å². The van der Waals surface area contributed by atoms with E-state index in [2.05, 4.69) is 118 Å². The highest BCUT2D eigenvalue weighted by Gasteiger charge is 2.50. The molecule has 1 rings (SSSR count). The molecule has 0 spiro atoms. The molecule has 0 aromatic carbocycles. The van der Waals surface area contributed by atoms with Crippen LogP contribution in [0.3, 0.4) is 0 Å². The minimum Gasteiger partial charge on any atom is -0.479 e. The van der Waals surface area contributed by atoms with E-state index in [1.54, 1.807) is 0 Å². The minimum absolute atomic E-state index is 0.0370. The number of carboxylic acids is 1. The van der Waals surface area contributed by atoms with E-state index in [9.17, 15) is 34.5 Å². The van der Waals surface area contributed by atoms with Crippen molar-refractivity contribution in [3.63, 3.8) is 0 Å². The number of carbonyl (C=O) groups excluding carboxylic acids is 3. The standard InChI is InChI=1S/C63H102O12/c1-4-7-10-13-16-19-22-25-27-28-30-32-34-37-40-43-46-49-55(64)71-52-54(73-56(65)50-47-44-41-38-36-33-29-26-23-20-17-14-11-8-5-2)53-72-63-61(59(68)58(67)60(75-63)62(69)70)74-57(66)51-48-45-42-39-35-31-24-21-18-15-12-9-6-3/h7-8,10-12,15-17,19-21,24-27,29,54,58-61,63,67-68H,4-6,9,13-14,18,22-23,28,30-53H2,1-3H3,(H,69,70)/b10-7-,11-8-,15-12-,19-16-,20-17-,24-21-,27-25-,29-26-. The Hall–Kier alpha value is -4.36. The highest BCUT2D eigenvalue weighted by Crippen LogP contribution is 2.26. The zero-order valence-electron chi connectivity index (χ0n) is 46.8. The van der Waals surface area contributed by atoms with Crippen LogP contribution in [0.25, 0.3) is 0 Å². The van der Waals surface area contributed by atoms with Crippen molar-refractivity contribution in [2.45, 2.75) is 263 Å². The van der Waals surface area contributed by atoms with Crippen LogP contribution in [0.1, 0.15) is 226 Å². The summed E-state index contributed by atoms with van der Waals surface area (Å²) < 4.78 is 28.4. The summed E-state index contributed by atoms with van der Waals surface area (Å²) in [5, 5.41) is 31.5. The number of allylic oxidation sites excluding steroid dienone is 16. The zero-order valence-corrected chi connectivity index (χ0v) is 46.8. The predicted octanol–water partition coefficient (Wildman–Crippen LogP) is 14.9. The van der Waals surface area contributed by atoms with Crippen molar-refractivity contribution in [3.8, 4) is 0 Å². The monoisotopic (exact) mass is 1050 g/mol. The molecular formula is C63H102O12. The van der Waals surface area contributed by atoms with E-state index in [1.165, 1.54) is 6.42 Å². The molecule has 12 nitrogen and oxygen atoms in total. The molecule has 0 aromatic heterocycles. The molecule has 3 N–H and O–H groups in total. The molecule has 1 fully saturated rings. The smallest absolute Gasteiger partial charge is 0.335 e. The van der Waals surface area contributed by atoms with Crippen LogP contribution in [-0.4, -0.2) is 89.2 Å². The number of hydrogen-bond donors (Lipinski definition) is 3. The third-order valence-corrected chi connectivity index (χ3v) is 12.6. The fourth-order valence-corrected chi connectivity index (χ4v) is 8.20. The quantitative estimate of drug-likeness (QED) is 0.0228. The Morgan fingerprint density at radius 3 is 1.28 bits per heavy atom. The van der Waals surface area contributed by atoms with Crippen molar-refractivity contribution >= 4 is 23.9 Å². The van der Waals surface area contributed by atoms with Crippen molar-refractivity contribution < 1.29 is 58.2 Å². The van der Waals surface area contributed by atoms with Gasteiger partial charge < -0.3 is 39.0 Å². The number of rotatable bonds is 48. The first-order valence-corrected chi connectivity index (χ1v) is 29.2. The summed E-state index contributed by atoms with van der Waals surface area (Å²) in [5.41, 5.74) is 0. The van der Waals surface area contributed by atoms with Crippen LogP contribution < -0.4 is 0 Å².